The van der Waals surface area contributed by atoms with Crippen LogP contribution in [-0.2, 0) is 9.31 Å². The second kappa shape index (κ2) is 5.17. The van der Waals surface area contributed by atoms with Crippen molar-refractivity contribution in [1.82, 2.24) is 0 Å². The smallest absolute Gasteiger partial charge is 0.403 e. The van der Waals surface area contributed by atoms with Crippen LogP contribution in [0.5, 0.6) is 0 Å². The third-order valence-electron chi connectivity index (χ3n) is 4.22. The molecule has 1 aromatic carbocycles. The summed E-state index contributed by atoms with van der Waals surface area (Å²) in [7, 11) is -0.525. The number of hydrogen-bond donors (Lipinski definition) is 0. The van der Waals surface area contributed by atoms with E-state index in [-0.39, 0.29) is 11.6 Å². The lowest BCUT2D eigenvalue weighted by molar-refractivity contribution is 0.00578. The lowest BCUT2D eigenvalue weighted by Crippen LogP contribution is -2.41. The molecule has 0 saturated carbocycles. The number of ketones is 1. The zero-order valence-corrected chi connectivity index (χ0v) is 13.3. The Morgan fingerprint density at radius 1 is 1.10 bits per heavy atom. The van der Waals surface area contributed by atoms with Crippen LogP contribution in [-0.4, -0.2) is 24.1 Å². The summed E-state index contributed by atoms with van der Waals surface area (Å²) in [6.07, 6.45) is 0. The molecule has 1 saturated heterocycles. The first-order valence-electron chi connectivity index (χ1n) is 6.79. The maximum absolute atomic E-state index is 12.5. The van der Waals surface area contributed by atoms with Gasteiger partial charge in [-0.3, -0.25) is 4.79 Å². The molecule has 1 aliphatic rings. The molecule has 1 aromatic rings. The second-order valence-electron chi connectivity index (χ2n) is 6.28. The number of rotatable bonds is 3. The van der Waals surface area contributed by atoms with Gasteiger partial charge < -0.3 is 9.31 Å². The van der Waals surface area contributed by atoms with Crippen LogP contribution in [0.15, 0.2) is 24.3 Å². The quantitative estimate of drug-likeness (QED) is 0.624. The molecule has 20 heavy (non-hydrogen) atoms. The molecule has 1 aliphatic heterocycles. The van der Waals surface area contributed by atoms with E-state index in [1.54, 1.807) is 24.3 Å². The lowest BCUT2D eigenvalue weighted by Gasteiger charge is -2.32. The number of Topliss-reactive ketones (excluding diaryl/α,β-unsaturated/α-hetero) is 1. The molecule has 0 aromatic heterocycles. The van der Waals surface area contributed by atoms with Crippen LogP contribution < -0.4 is 0 Å². The average Bonchev–Trinajstić information content (AvgIpc) is 2.57. The van der Waals surface area contributed by atoms with Gasteiger partial charge in [-0.15, -0.1) is 0 Å². The summed E-state index contributed by atoms with van der Waals surface area (Å²) in [5.74, 6) is -0.364. The summed E-state index contributed by atoms with van der Waals surface area (Å²) < 4.78 is 11.8. The number of carbonyl (C=O) groups excluding carboxylic acids is 1. The Hall–Kier alpha value is -0.835. The zero-order valence-electron chi connectivity index (χ0n) is 12.6. The Morgan fingerprint density at radius 3 is 2.00 bits per heavy atom. The van der Waals surface area contributed by atoms with Crippen molar-refractivity contribution in [2.24, 2.45) is 0 Å². The van der Waals surface area contributed by atoms with Crippen LogP contribution in [0.25, 0.3) is 0 Å². The van der Waals surface area contributed by atoms with E-state index in [2.05, 4.69) is 0 Å². The third kappa shape index (κ3) is 2.78. The number of carbonyl (C=O) groups is 1. The van der Waals surface area contributed by atoms with Crippen molar-refractivity contribution < 1.29 is 14.1 Å². The molecule has 1 atom stereocenters. The fourth-order valence-electron chi connectivity index (χ4n) is 2.09. The Kier molecular flexibility index (Phi) is 4.02. The molecule has 108 valence electrons. The van der Waals surface area contributed by atoms with Crippen molar-refractivity contribution in [1.29, 1.82) is 0 Å². The molecule has 0 unspecified atom stereocenters. The van der Waals surface area contributed by atoms with Crippen LogP contribution in [0, 0.1) is 0 Å². The Morgan fingerprint density at radius 2 is 1.55 bits per heavy atom. The van der Waals surface area contributed by atoms with E-state index in [1.807, 2.05) is 34.6 Å². The van der Waals surface area contributed by atoms with Gasteiger partial charge >= 0.3 is 7.12 Å². The first-order chi connectivity index (χ1) is 9.14. The van der Waals surface area contributed by atoms with Crippen LogP contribution in [0.1, 0.15) is 45.0 Å². The molecule has 0 amide bonds. The Bertz CT molecular complexity index is 494. The molecule has 0 N–H and O–H groups in total. The molecule has 2 rings (SSSR count). The molecule has 3 nitrogen and oxygen atoms in total. The third-order valence-corrected chi connectivity index (χ3v) is 4.47. The lowest BCUT2D eigenvalue weighted by atomic mass is 9.69. The van der Waals surface area contributed by atoms with E-state index in [0.717, 1.165) is 0 Å². The van der Waals surface area contributed by atoms with Crippen LogP contribution >= 0.6 is 11.6 Å². The predicted octanol–water partition coefficient (Wildman–Crippen LogP) is 4.01. The molecule has 5 heteroatoms. The van der Waals surface area contributed by atoms with Gasteiger partial charge in [0, 0.05) is 10.6 Å². The highest BCUT2D eigenvalue weighted by Crippen LogP contribution is 2.40. The Labute approximate surface area is 125 Å². The standard InChI is InChI=1S/C15H20BClO3/c1-10(13(18)11-6-8-12(17)9-7-11)16-19-14(2,3)15(4,5)20-16/h6-10H,1-5H3/t10-/m1/s1. The van der Waals surface area contributed by atoms with Gasteiger partial charge in [0.25, 0.3) is 0 Å². The maximum Gasteiger partial charge on any atom is 0.469 e. The number of hydrogen-bond acceptors (Lipinski definition) is 3. The summed E-state index contributed by atoms with van der Waals surface area (Å²) >= 11 is 5.84. The number of halogens is 1. The predicted molar refractivity (Wildman–Crippen MR) is 81.3 cm³/mol. The topological polar surface area (TPSA) is 35.5 Å². The van der Waals surface area contributed by atoms with Crippen molar-refractivity contribution in [3.05, 3.63) is 34.9 Å². The molecule has 0 radical (unpaired) electrons. The fraction of sp³-hybridized carbons (Fsp3) is 0.533. The first-order valence-corrected chi connectivity index (χ1v) is 7.17. The van der Waals surface area contributed by atoms with Crippen molar-refractivity contribution in [3.63, 3.8) is 0 Å². The first kappa shape index (κ1) is 15.6. The van der Waals surface area contributed by atoms with Gasteiger partial charge in [-0.05, 0) is 52.0 Å². The van der Waals surface area contributed by atoms with Gasteiger partial charge in [0.05, 0.1) is 17.0 Å². The molecular weight excluding hydrogens is 274 g/mol. The van der Waals surface area contributed by atoms with E-state index in [1.165, 1.54) is 0 Å². The SMILES string of the molecule is C[C@@H](B1OC(C)(C)C(C)(C)O1)C(=O)c1ccc(Cl)cc1. The summed E-state index contributed by atoms with van der Waals surface area (Å²) in [6, 6.07) is 6.89. The maximum atomic E-state index is 12.5. The second-order valence-corrected chi connectivity index (χ2v) is 6.72. The van der Waals surface area contributed by atoms with Crippen LogP contribution in [0.2, 0.25) is 10.8 Å². The summed E-state index contributed by atoms with van der Waals surface area (Å²) in [6.45, 7) is 9.75. The highest BCUT2D eigenvalue weighted by molar-refractivity contribution is 6.53. The van der Waals surface area contributed by atoms with Gasteiger partial charge in [-0.2, -0.15) is 0 Å². The van der Waals surface area contributed by atoms with E-state index >= 15 is 0 Å². The van der Waals surface area contributed by atoms with E-state index in [9.17, 15) is 4.79 Å². The van der Waals surface area contributed by atoms with Crippen LogP contribution in [0.3, 0.4) is 0 Å². The molecule has 0 spiro atoms. The monoisotopic (exact) mass is 294 g/mol. The van der Waals surface area contributed by atoms with E-state index in [0.29, 0.717) is 10.6 Å². The van der Waals surface area contributed by atoms with Crippen molar-refractivity contribution in [2.75, 3.05) is 0 Å². The van der Waals surface area contributed by atoms with Gasteiger partial charge in [0.15, 0.2) is 5.78 Å². The molecular formula is C15H20BClO3. The highest BCUT2D eigenvalue weighted by Gasteiger charge is 2.54. The Balaban J connectivity index is 2.15. The number of benzene rings is 1. The van der Waals surface area contributed by atoms with Gasteiger partial charge in [-0.25, -0.2) is 0 Å². The van der Waals surface area contributed by atoms with Gasteiger partial charge in [0.2, 0.25) is 0 Å². The summed E-state index contributed by atoms with van der Waals surface area (Å²) in [4.78, 5) is 12.5. The molecule has 0 bridgehead atoms. The average molecular weight is 295 g/mol. The van der Waals surface area contributed by atoms with E-state index < -0.39 is 18.3 Å². The van der Waals surface area contributed by atoms with Crippen molar-refractivity contribution in [2.45, 2.75) is 51.6 Å². The van der Waals surface area contributed by atoms with Crippen LogP contribution in [0.4, 0.5) is 0 Å². The minimum absolute atomic E-state index is 0.000154. The minimum atomic E-state index is -0.525. The van der Waals surface area contributed by atoms with Crippen molar-refractivity contribution in [3.8, 4) is 0 Å². The highest BCUT2D eigenvalue weighted by atomic mass is 35.5. The van der Waals surface area contributed by atoms with Gasteiger partial charge in [-0.1, -0.05) is 18.5 Å². The normalized spacial score (nSPS) is 21.8. The van der Waals surface area contributed by atoms with Gasteiger partial charge in [0.1, 0.15) is 0 Å². The summed E-state index contributed by atoms with van der Waals surface area (Å²) in [5, 5.41) is 0.616. The van der Waals surface area contributed by atoms with E-state index in [4.69, 9.17) is 20.9 Å². The minimum Gasteiger partial charge on any atom is -0.403 e. The molecule has 1 heterocycles. The van der Waals surface area contributed by atoms with Crippen molar-refractivity contribution >= 4 is 24.5 Å². The summed E-state index contributed by atoms with van der Waals surface area (Å²) in [5.41, 5.74) is -0.227. The zero-order chi connectivity index (χ0) is 15.1. The molecule has 0 aliphatic carbocycles. The fourth-order valence-corrected chi connectivity index (χ4v) is 2.22. The largest absolute Gasteiger partial charge is 0.469 e. The molecule has 1 fully saturated rings.